The summed E-state index contributed by atoms with van der Waals surface area (Å²) in [7, 11) is 0. The van der Waals surface area contributed by atoms with Crippen LogP contribution in [0.25, 0.3) is 0 Å². The van der Waals surface area contributed by atoms with Crippen LogP contribution in [0, 0.1) is 11.3 Å². The molecule has 1 aromatic rings. The zero-order chi connectivity index (χ0) is 14.9. The number of hydrogen-bond donors (Lipinski definition) is 2. The number of piperidine rings is 1. The predicted molar refractivity (Wildman–Crippen MR) is 87.3 cm³/mol. The van der Waals surface area contributed by atoms with Gasteiger partial charge >= 0.3 is 0 Å². The summed E-state index contributed by atoms with van der Waals surface area (Å²) in [6.07, 6.45) is 5.07. The molecule has 1 aliphatic heterocycles. The van der Waals surface area contributed by atoms with Crippen LogP contribution in [0.3, 0.4) is 0 Å². The molecular weight excluding hydrogens is 260 g/mol. The number of nitrogens with zero attached hydrogens (tertiary/aromatic N) is 1. The Bertz CT molecular complexity index is 467. The highest BCUT2D eigenvalue weighted by atomic mass is 16.3. The predicted octanol–water partition coefficient (Wildman–Crippen LogP) is 2.78. The SMILES string of the molecule is CC1CCC(CN)(C2(O)CCN(c3ccccc3)CC2)C1. The normalized spacial score (nSPS) is 32.3. The molecule has 3 rings (SSSR count). The van der Waals surface area contributed by atoms with E-state index in [1.807, 2.05) is 6.07 Å². The molecule has 2 atom stereocenters. The van der Waals surface area contributed by atoms with Crippen molar-refractivity contribution in [2.75, 3.05) is 24.5 Å². The van der Waals surface area contributed by atoms with E-state index >= 15 is 0 Å². The van der Waals surface area contributed by atoms with E-state index in [9.17, 15) is 5.11 Å². The molecule has 0 radical (unpaired) electrons. The van der Waals surface area contributed by atoms with E-state index < -0.39 is 5.60 Å². The second kappa shape index (κ2) is 5.62. The van der Waals surface area contributed by atoms with Gasteiger partial charge in [-0.15, -0.1) is 0 Å². The first-order chi connectivity index (χ1) is 10.1. The average molecular weight is 288 g/mol. The Morgan fingerprint density at radius 3 is 2.38 bits per heavy atom. The smallest absolute Gasteiger partial charge is 0.0749 e. The standard InChI is InChI=1S/C18H28N2O/c1-15-7-8-17(13-15,14-19)18(21)9-11-20(12-10-18)16-5-3-2-4-6-16/h2-6,15,21H,7-14,19H2,1H3. The fraction of sp³-hybridized carbons (Fsp3) is 0.667. The highest BCUT2D eigenvalue weighted by Crippen LogP contribution is 2.52. The van der Waals surface area contributed by atoms with Crippen molar-refractivity contribution in [2.24, 2.45) is 17.1 Å². The molecule has 1 saturated heterocycles. The van der Waals surface area contributed by atoms with Crippen LogP contribution in [0.15, 0.2) is 30.3 Å². The molecule has 1 heterocycles. The van der Waals surface area contributed by atoms with E-state index in [0.717, 1.165) is 38.8 Å². The lowest BCUT2D eigenvalue weighted by atomic mass is 9.65. The number of aliphatic hydroxyl groups is 1. The van der Waals surface area contributed by atoms with E-state index in [1.165, 1.54) is 12.1 Å². The molecular formula is C18H28N2O. The molecule has 1 aromatic carbocycles. The highest BCUT2D eigenvalue weighted by molar-refractivity contribution is 5.46. The number of rotatable bonds is 3. The number of para-hydroxylation sites is 1. The Kier molecular flexibility index (Phi) is 3.98. The van der Waals surface area contributed by atoms with Crippen molar-refractivity contribution >= 4 is 5.69 Å². The molecule has 1 saturated carbocycles. The fourth-order valence-corrected chi connectivity index (χ4v) is 4.50. The molecule has 0 spiro atoms. The zero-order valence-electron chi connectivity index (χ0n) is 13.1. The van der Waals surface area contributed by atoms with Gasteiger partial charge in [-0.05, 0) is 43.7 Å². The van der Waals surface area contributed by atoms with Crippen molar-refractivity contribution in [1.82, 2.24) is 0 Å². The first kappa shape index (κ1) is 14.9. The molecule has 3 nitrogen and oxygen atoms in total. The largest absolute Gasteiger partial charge is 0.389 e. The molecule has 2 unspecified atom stereocenters. The third kappa shape index (κ3) is 2.58. The molecule has 116 valence electrons. The van der Waals surface area contributed by atoms with Crippen molar-refractivity contribution in [3.63, 3.8) is 0 Å². The first-order valence-electron chi connectivity index (χ1n) is 8.31. The van der Waals surface area contributed by atoms with E-state index in [2.05, 4.69) is 36.1 Å². The minimum atomic E-state index is -0.572. The molecule has 0 aromatic heterocycles. The highest BCUT2D eigenvalue weighted by Gasteiger charge is 2.53. The van der Waals surface area contributed by atoms with Crippen LogP contribution in [0.1, 0.15) is 39.0 Å². The van der Waals surface area contributed by atoms with E-state index in [0.29, 0.717) is 12.5 Å². The number of anilines is 1. The fourth-order valence-electron chi connectivity index (χ4n) is 4.50. The van der Waals surface area contributed by atoms with Crippen LogP contribution >= 0.6 is 0 Å². The van der Waals surface area contributed by atoms with Crippen LogP contribution in [0.5, 0.6) is 0 Å². The van der Waals surface area contributed by atoms with E-state index in [-0.39, 0.29) is 5.41 Å². The Morgan fingerprint density at radius 2 is 1.86 bits per heavy atom. The Morgan fingerprint density at radius 1 is 1.19 bits per heavy atom. The van der Waals surface area contributed by atoms with Crippen LogP contribution in [-0.2, 0) is 0 Å². The number of nitrogens with two attached hydrogens (primary N) is 1. The summed E-state index contributed by atoms with van der Waals surface area (Å²) in [4.78, 5) is 2.39. The summed E-state index contributed by atoms with van der Waals surface area (Å²) in [5.74, 6) is 0.699. The molecule has 0 amide bonds. The summed E-state index contributed by atoms with van der Waals surface area (Å²) in [5.41, 5.74) is 6.77. The van der Waals surface area contributed by atoms with Crippen molar-refractivity contribution in [1.29, 1.82) is 0 Å². The topological polar surface area (TPSA) is 49.5 Å². The van der Waals surface area contributed by atoms with Gasteiger partial charge in [-0.1, -0.05) is 31.5 Å². The number of hydrogen-bond acceptors (Lipinski definition) is 3. The molecule has 0 bridgehead atoms. The maximum atomic E-state index is 11.3. The minimum absolute atomic E-state index is 0.0464. The van der Waals surface area contributed by atoms with E-state index in [1.54, 1.807) is 0 Å². The van der Waals surface area contributed by atoms with Gasteiger partial charge in [0.2, 0.25) is 0 Å². The summed E-state index contributed by atoms with van der Waals surface area (Å²) in [6.45, 7) is 4.77. The van der Waals surface area contributed by atoms with Crippen LogP contribution in [-0.4, -0.2) is 30.3 Å². The van der Waals surface area contributed by atoms with Gasteiger partial charge in [0.15, 0.2) is 0 Å². The third-order valence-electron chi connectivity index (χ3n) is 5.94. The molecule has 2 fully saturated rings. The number of benzene rings is 1. The lowest BCUT2D eigenvalue weighted by molar-refractivity contribution is -0.0961. The maximum absolute atomic E-state index is 11.3. The van der Waals surface area contributed by atoms with Gasteiger partial charge in [0.05, 0.1) is 5.60 Å². The van der Waals surface area contributed by atoms with Crippen molar-refractivity contribution < 1.29 is 5.11 Å². The molecule has 1 aliphatic carbocycles. The average Bonchev–Trinajstić information content (AvgIpc) is 2.92. The van der Waals surface area contributed by atoms with Gasteiger partial charge < -0.3 is 15.7 Å². The summed E-state index contributed by atoms with van der Waals surface area (Å²) >= 11 is 0. The molecule has 21 heavy (non-hydrogen) atoms. The Hall–Kier alpha value is -1.06. The van der Waals surface area contributed by atoms with Crippen molar-refractivity contribution in [3.8, 4) is 0 Å². The first-order valence-corrected chi connectivity index (χ1v) is 8.31. The summed E-state index contributed by atoms with van der Waals surface area (Å²) in [6, 6.07) is 10.5. The summed E-state index contributed by atoms with van der Waals surface area (Å²) < 4.78 is 0. The molecule has 2 aliphatic rings. The van der Waals surface area contributed by atoms with Crippen LogP contribution in [0.4, 0.5) is 5.69 Å². The van der Waals surface area contributed by atoms with Gasteiger partial charge in [0, 0.05) is 30.7 Å². The second-order valence-corrected chi connectivity index (χ2v) is 7.19. The monoisotopic (exact) mass is 288 g/mol. The lowest BCUT2D eigenvalue weighted by Gasteiger charge is -2.50. The van der Waals surface area contributed by atoms with Gasteiger partial charge in [-0.2, -0.15) is 0 Å². The molecule has 3 N–H and O–H groups in total. The van der Waals surface area contributed by atoms with Crippen LogP contribution in [0.2, 0.25) is 0 Å². The lowest BCUT2D eigenvalue weighted by Crippen LogP contribution is -2.57. The molecule has 3 heteroatoms. The minimum Gasteiger partial charge on any atom is -0.389 e. The Balaban J connectivity index is 1.72. The van der Waals surface area contributed by atoms with Gasteiger partial charge in [-0.25, -0.2) is 0 Å². The van der Waals surface area contributed by atoms with Crippen molar-refractivity contribution in [3.05, 3.63) is 30.3 Å². The third-order valence-corrected chi connectivity index (χ3v) is 5.94. The van der Waals surface area contributed by atoms with Gasteiger partial charge in [-0.3, -0.25) is 0 Å². The van der Waals surface area contributed by atoms with E-state index in [4.69, 9.17) is 5.73 Å². The van der Waals surface area contributed by atoms with Gasteiger partial charge in [0.1, 0.15) is 0 Å². The summed E-state index contributed by atoms with van der Waals surface area (Å²) in [5, 5.41) is 11.3. The Labute approximate surface area is 128 Å². The van der Waals surface area contributed by atoms with Crippen LogP contribution < -0.4 is 10.6 Å². The van der Waals surface area contributed by atoms with Gasteiger partial charge in [0.25, 0.3) is 0 Å². The quantitative estimate of drug-likeness (QED) is 0.899. The van der Waals surface area contributed by atoms with Crippen molar-refractivity contribution in [2.45, 2.75) is 44.6 Å². The maximum Gasteiger partial charge on any atom is 0.0749 e. The second-order valence-electron chi connectivity index (χ2n) is 7.19. The zero-order valence-corrected chi connectivity index (χ0v) is 13.1.